The highest BCUT2D eigenvalue weighted by Gasteiger charge is 2.16. The number of carbonyl (C=O) groups is 1. The highest BCUT2D eigenvalue weighted by Crippen LogP contribution is 2.28. The zero-order chi connectivity index (χ0) is 21.3. The van der Waals surface area contributed by atoms with Crippen molar-refractivity contribution in [2.75, 3.05) is 5.32 Å². The molecule has 0 radical (unpaired) electrons. The highest BCUT2D eigenvalue weighted by atomic mass is 35.5. The lowest BCUT2D eigenvalue weighted by Gasteiger charge is -2.09. The first-order valence-electron chi connectivity index (χ1n) is 8.85. The first-order chi connectivity index (χ1) is 14.4. The predicted molar refractivity (Wildman–Crippen MR) is 113 cm³/mol. The second-order valence-corrected chi connectivity index (χ2v) is 7.86. The quantitative estimate of drug-likeness (QED) is 0.507. The van der Waals surface area contributed by atoms with Gasteiger partial charge in [-0.05, 0) is 42.8 Å². The summed E-state index contributed by atoms with van der Waals surface area (Å²) in [6, 6.07) is 11.2. The summed E-state index contributed by atoms with van der Waals surface area (Å²) in [4.78, 5) is 30.0. The smallest absolute Gasteiger partial charge is 0.324 e. The van der Waals surface area contributed by atoms with Crippen molar-refractivity contribution in [3.05, 3.63) is 81.7 Å². The van der Waals surface area contributed by atoms with Crippen LogP contribution in [0.3, 0.4) is 0 Å². The summed E-state index contributed by atoms with van der Waals surface area (Å²) in [6.45, 7) is 1.51. The number of fused-ring (bicyclic) bond motifs is 1. The molecular formula is C20H15ClFN5O2S. The third-order valence-electron chi connectivity index (χ3n) is 4.32. The number of amides is 1. The van der Waals surface area contributed by atoms with Crippen LogP contribution in [0.2, 0.25) is 5.02 Å². The largest absolute Gasteiger partial charge is 0.350 e. The van der Waals surface area contributed by atoms with Crippen LogP contribution in [0.1, 0.15) is 5.56 Å². The van der Waals surface area contributed by atoms with Gasteiger partial charge in [0.05, 0.1) is 0 Å². The highest BCUT2D eigenvalue weighted by molar-refractivity contribution is 7.99. The number of hydrogen-bond acceptors (Lipinski definition) is 5. The third kappa shape index (κ3) is 4.07. The summed E-state index contributed by atoms with van der Waals surface area (Å²) >= 11 is 7.25. The molecule has 10 heteroatoms. The first kappa shape index (κ1) is 20.1. The molecule has 1 amide bonds. The number of nitrogens with zero attached hydrogens (tertiary/aromatic N) is 4. The summed E-state index contributed by atoms with van der Waals surface area (Å²) in [5.74, 6) is -0.791. The molecule has 0 aliphatic carbocycles. The molecule has 7 nitrogen and oxygen atoms in total. The summed E-state index contributed by atoms with van der Waals surface area (Å²) in [6.07, 6.45) is 2.92. The molecule has 2 aromatic heterocycles. The topological polar surface area (TPSA) is 81.3 Å². The standard InChI is InChI=1S/C20H15ClFN5O2S/c1-12-15(21)6-3-7-16(12)24-17(28)11-27-20(29)26-9-8-23-19(18(26)25-27)30-14-5-2-4-13(22)10-14/h2-10H,11H2,1H3,(H,24,28). The van der Waals surface area contributed by atoms with Gasteiger partial charge in [0, 0.05) is 28.0 Å². The fourth-order valence-corrected chi connectivity index (χ4v) is 3.87. The number of aromatic nitrogens is 4. The second kappa shape index (κ2) is 8.29. The average molecular weight is 444 g/mol. The predicted octanol–water partition coefficient (Wildman–Crippen LogP) is 3.78. The minimum atomic E-state index is -0.480. The van der Waals surface area contributed by atoms with Gasteiger partial charge in [0.15, 0.2) is 5.65 Å². The lowest BCUT2D eigenvalue weighted by atomic mass is 10.2. The number of hydrogen-bond donors (Lipinski definition) is 1. The van der Waals surface area contributed by atoms with E-state index in [2.05, 4.69) is 15.4 Å². The number of rotatable bonds is 5. The van der Waals surface area contributed by atoms with Gasteiger partial charge in [-0.1, -0.05) is 35.5 Å². The van der Waals surface area contributed by atoms with Gasteiger partial charge < -0.3 is 5.32 Å². The molecule has 30 heavy (non-hydrogen) atoms. The van der Waals surface area contributed by atoms with Crippen LogP contribution in [0.4, 0.5) is 10.1 Å². The van der Waals surface area contributed by atoms with E-state index in [0.29, 0.717) is 20.6 Å². The molecule has 0 fully saturated rings. The molecule has 0 aliphatic heterocycles. The molecule has 152 valence electrons. The van der Waals surface area contributed by atoms with Crippen molar-refractivity contribution in [3.63, 3.8) is 0 Å². The van der Waals surface area contributed by atoms with Crippen molar-refractivity contribution >= 4 is 40.6 Å². The fraction of sp³-hybridized carbons (Fsp3) is 0.100. The lowest BCUT2D eigenvalue weighted by molar-refractivity contribution is -0.117. The Morgan fingerprint density at radius 2 is 2.07 bits per heavy atom. The van der Waals surface area contributed by atoms with E-state index in [4.69, 9.17) is 11.6 Å². The van der Waals surface area contributed by atoms with Gasteiger partial charge in [-0.15, -0.1) is 5.10 Å². The first-order valence-corrected chi connectivity index (χ1v) is 10.0. The van der Waals surface area contributed by atoms with Crippen molar-refractivity contribution in [2.24, 2.45) is 0 Å². The van der Waals surface area contributed by atoms with Gasteiger partial charge in [0.2, 0.25) is 5.91 Å². The molecule has 0 unspecified atom stereocenters. The summed E-state index contributed by atoms with van der Waals surface area (Å²) in [5.41, 5.74) is 1.09. The second-order valence-electron chi connectivity index (χ2n) is 6.39. The summed E-state index contributed by atoms with van der Waals surface area (Å²) in [5, 5.41) is 7.94. The van der Waals surface area contributed by atoms with E-state index in [-0.39, 0.29) is 18.0 Å². The maximum absolute atomic E-state index is 13.5. The number of halogens is 2. The molecule has 4 rings (SSSR count). The molecule has 0 aliphatic rings. The molecule has 1 N–H and O–H groups in total. The molecule has 0 spiro atoms. The van der Waals surface area contributed by atoms with Gasteiger partial charge in [-0.2, -0.15) is 0 Å². The maximum atomic E-state index is 13.5. The Hall–Kier alpha value is -3.17. The summed E-state index contributed by atoms with van der Waals surface area (Å²) in [7, 11) is 0. The van der Waals surface area contributed by atoms with E-state index in [1.807, 2.05) is 0 Å². The SMILES string of the molecule is Cc1c(Cl)cccc1NC(=O)Cn1nc2c(Sc3cccc(F)c3)nccn2c1=O. The van der Waals surface area contributed by atoms with Crippen molar-refractivity contribution < 1.29 is 9.18 Å². The number of carbonyl (C=O) groups excluding carboxylic acids is 1. The maximum Gasteiger partial charge on any atom is 0.350 e. The Balaban J connectivity index is 1.61. The van der Waals surface area contributed by atoms with Gasteiger partial charge in [-0.3, -0.25) is 4.79 Å². The fourth-order valence-electron chi connectivity index (χ4n) is 2.81. The van der Waals surface area contributed by atoms with Crippen molar-refractivity contribution in [2.45, 2.75) is 23.4 Å². The van der Waals surface area contributed by atoms with E-state index in [1.54, 1.807) is 37.3 Å². The average Bonchev–Trinajstić information content (AvgIpc) is 3.02. The summed E-state index contributed by atoms with van der Waals surface area (Å²) < 4.78 is 15.8. The molecular weight excluding hydrogens is 429 g/mol. The number of nitrogens with one attached hydrogen (secondary N) is 1. The Morgan fingerprint density at radius 3 is 2.87 bits per heavy atom. The van der Waals surface area contributed by atoms with E-state index in [1.165, 1.54) is 40.7 Å². The van der Waals surface area contributed by atoms with Crippen LogP contribution in [0.5, 0.6) is 0 Å². The van der Waals surface area contributed by atoms with Gasteiger partial charge in [-0.25, -0.2) is 23.3 Å². The minimum Gasteiger partial charge on any atom is -0.324 e. The molecule has 0 saturated carbocycles. The zero-order valence-electron chi connectivity index (χ0n) is 15.7. The molecule has 2 aromatic carbocycles. The molecule has 2 heterocycles. The number of anilines is 1. The van der Waals surface area contributed by atoms with Crippen LogP contribution < -0.4 is 11.0 Å². The van der Waals surface area contributed by atoms with E-state index in [9.17, 15) is 14.0 Å². The normalized spacial score (nSPS) is 11.0. The van der Waals surface area contributed by atoms with Crippen LogP contribution in [-0.2, 0) is 11.3 Å². The Kier molecular flexibility index (Phi) is 5.56. The van der Waals surface area contributed by atoms with Gasteiger partial charge >= 0.3 is 5.69 Å². The van der Waals surface area contributed by atoms with Crippen molar-refractivity contribution in [1.29, 1.82) is 0 Å². The van der Waals surface area contributed by atoms with Crippen LogP contribution in [0, 0.1) is 12.7 Å². The number of benzene rings is 2. The molecule has 0 atom stereocenters. The van der Waals surface area contributed by atoms with Gasteiger partial charge in [0.1, 0.15) is 17.4 Å². The van der Waals surface area contributed by atoms with E-state index in [0.717, 1.165) is 10.2 Å². The van der Waals surface area contributed by atoms with Crippen molar-refractivity contribution in [3.8, 4) is 0 Å². The van der Waals surface area contributed by atoms with Crippen LogP contribution in [0.15, 0.2) is 69.6 Å². The van der Waals surface area contributed by atoms with Crippen molar-refractivity contribution in [1.82, 2.24) is 19.2 Å². The van der Waals surface area contributed by atoms with Crippen LogP contribution in [0.25, 0.3) is 5.65 Å². The van der Waals surface area contributed by atoms with Crippen LogP contribution >= 0.6 is 23.4 Å². The molecule has 0 bridgehead atoms. The zero-order valence-corrected chi connectivity index (χ0v) is 17.2. The third-order valence-corrected chi connectivity index (χ3v) is 5.70. The monoisotopic (exact) mass is 443 g/mol. The lowest BCUT2D eigenvalue weighted by Crippen LogP contribution is -2.28. The van der Waals surface area contributed by atoms with Gasteiger partial charge in [0.25, 0.3) is 0 Å². The Bertz CT molecular complexity index is 1320. The Labute approximate surface area is 179 Å². The van der Waals surface area contributed by atoms with E-state index < -0.39 is 11.6 Å². The Morgan fingerprint density at radius 1 is 1.27 bits per heavy atom. The minimum absolute atomic E-state index is 0.281. The molecule has 4 aromatic rings. The molecule has 0 saturated heterocycles. The van der Waals surface area contributed by atoms with Crippen LogP contribution in [-0.4, -0.2) is 25.1 Å². The van der Waals surface area contributed by atoms with E-state index >= 15 is 0 Å².